The molecule has 2 aromatic heterocycles. The summed E-state index contributed by atoms with van der Waals surface area (Å²) in [6.07, 6.45) is 8.69. The Bertz CT molecular complexity index is 1080. The van der Waals surface area contributed by atoms with E-state index >= 15 is 0 Å². The van der Waals surface area contributed by atoms with Crippen LogP contribution in [0.5, 0.6) is 5.75 Å². The number of benzene rings is 1. The third-order valence-electron chi connectivity index (χ3n) is 6.66. The molecule has 152 valence electrons. The van der Waals surface area contributed by atoms with Gasteiger partial charge in [-0.2, -0.15) is 0 Å². The maximum absolute atomic E-state index is 13.6. The van der Waals surface area contributed by atoms with Crippen molar-refractivity contribution in [2.45, 2.75) is 45.1 Å². The normalized spacial score (nSPS) is 19.8. The zero-order valence-corrected chi connectivity index (χ0v) is 17.1. The first-order valence-electron chi connectivity index (χ1n) is 10.6. The van der Waals surface area contributed by atoms with Crippen molar-refractivity contribution in [1.82, 2.24) is 19.0 Å². The van der Waals surface area contributed by atoms with Crippen LogP contribution in [0.4, 0.5) is 0 Å². The lowest BCUT2D eigenvalue weighted by molar-refractivity contribution is 0.0704. The summed E-state index contributed by atoms with van der Waals surface area (Å²) in [6, 6.07) is 5.26. The Balaban J connectivity index is 1.44. The van der Waals surface area contributed by atoms with Gasteiger partial charge in [0.1, 0.15) is 11.6 Å². The first kappa shape index (κ1) is 18.3. The van der Waals surface area contributed by atoms with Crippen LogP contribution in [0.25, 0.3) is 10.9 Å². The molecule has 1 aliphatic heterocycles. The number of piperidine rings is 1. The Labute approximate surface area is 170 Å². The van der Waals surface area contributed by atoms with Gasteiger partial charge in [-0.05, 0) is 56.7 Å². The zero-order chi connectivity index (χ0) is 20.1. The molecule has 6 nitrogen and oxygen atoms in total. The number of imidazole rings is 1. The quantitative estimate of drug-likeness (QED) is 0.734. The van der Waals surface area contributed by atoms with Gasteiger partial charge in [-0.15, -0.1) is 0 Å². The number of phenolic OH excluding ortho intramolecular Hbond substituents is 1. The summed E-state index contributed by atoms with van der Waals surface area (Å²) >= 11 is 0. The lowest BCUT2D eigenvalue weighted by Crippen LogP contribution is -2.40. The maximum Gasteiger partial charge on any atom is 0.256 e. The number of carbonyl (C=O) groups excluding carboxylic acids is 1. The molecule has 1 aliphatic carbocycles. The van der Waals surface area contributed by atoms with Gasteiger partial charge in [0.25, 0.3) is 5.91 Å². The van der Waals surface area contributed by atoms with Crippen molar-refractivity contribution < 1.29 is 9.90 Å². The summed E-state index contributed by atoms with van der Waals surface area (Å²) in [5, 5.41) is 10.8. The van der Waals surface area contributed by atoms with Crippen LogP contribution in [-0.4, -0.2) is 43.1 Å². The number of aromatic nitrogens is 3. The molecule has 1 N–H and O–H groups in total. The Morgan fingerprint density at radius 3 is 2.90 bits per heavy atom. The van der Waals surface area contributed by atoms with Crippen LogP contribution in [0.3, 0.4) is 0 Å². The van der Waals surface area contributed by atoms with Crippen LogP contribution < -0.4 is 0 Å². The molecule has 3 heterocycles. The minimum atomic E-state index is 0.0590. The van der Waals surface area contributed by atoms with Crippen molar-refractivity contribution in [3.8, 4) is 5.75 Å². The molecule has 0 unspecified atom stereocenters. The summed E-state index contributed by atoms with van der Waals surface area (Å²) in [5.74, 6) is 2.46. The molecule has 0 bridgehead atoms. The zero-order valence-electron chi connectivity index (χ0n) is 17.1. The monoisotopic (exact) mass is 392 g/mol. The fourth-order valence-electron chi connectivity index (χ4n) is 4.77. The minimum Gasteiger partial charge on any atom is -0.508 e. The van der Waals surface area contributed by atoms with E-state index in [2.05, 4.69) is 15.7 Å². The number of fused-ring (bicyclic) bond motifs is 1. The number of hydrogen-bond acceptors (Lipinski definition) is 3. The van der Waals surface area contributed by atoms with Gasteiger partial charge in [0.05, 0.1) is 5.56 Å². The standard InChI is InChI=1S/C23H28N4O2/c1-15-21(19-12-18(28)7-8-20(19)25(15)2)23(29)27-10-3-4-17(14-27)22-24-9-11-26(22)13-16-5-6-16/h7-9,11-12,16-17,28H,3-6,10,13-14H2,1-2H3/t17-/m1/s1. The molecular weight excluding hydrogens is 364 g/mol. The molecule has 29 heavy (non-hydrogen) atoms. The molecule has 1 aromatic carbocycles. The summed E-state index contributed by atoms with van der Waals surface area (Å²) in [4.78, 5) is 20.2. The van der Waals surface area contributed by atoms with E-state index in [1.807, 2.05) is 35.7 Å². The van der Waals surface area contributed by atoms with Gasteiger partial charge in [-0.1, -0.05) is 0 Å². The molecule has 1 saturated heterocycles. The second-order valence-corrected chi connectivity index (χ2v) is 8.69. The maximum atomic E-state index is 13.6. The molecule has 2 fully saturated rings. The first-order valence-corrected chi connectivity index (χ1v) is 10.6. The van der Waals surface area contributed by atoms with Crippen LogP contribution in [-0.2, 0) is 13.6 Å². The molecule has 1 saturated carbocycles. The molecule has 0 radical (unpaired) electrons. The Morgan fingerprint density at radius 1 is 1.28 bits per heavy atom. The summed E-state index contributed by atoms with van der Waals surface area (Å²) in [5.41, 5.74) is 2.62. The van der Waals surface area contributed by atoms with Gasteiger partial charge >= 0.3 is 0 Å². The van der Waals surface area contributed by atoms with Crippen LogP contribution in [0.15, 0.2) is 30.6 Å². The van der Waals surface area contributed by atoms with Gasteiger partial charge in [0.15, 0.2) is 0 Å². The van der Waals surface area contributed by atoms with E-state index in [-0.39, 0.29) is 17.6 Å². The van der Waals surface area contributed by atoms with Crippen LogP contribution in [0, 0.1) is 12.8 Å². The van der Waals surface area contributed by atoms with Crippen molar-refractivity contribution in [1.29, 1.82) is 0 Å². The molecule has 1 atom stereocenters. The number of likely N-dealkylation sites (tertiary alicyclic amines) is 1. The third-order valence-corrected chi connectivity index (χ3v) is 6.66. The van der Waals surface area contributed by atoms with Crippen molar-refractivity contribution in [2.24, 2.45) is 13.0 Å². The SMILES string of the molecule is Cc1c(C(=O)N2CCC[C@@H](c3nccn3CC3CC3)C2)c2cc(O)ccc2n1C. The van der Waals surface area contributed by atoms with Crippen LogP contribution >= 0.6 is 0 Å². The van der Waals surface area contributed by atoms with E-state index in [0.717, 1.165) is 54.3 Å². The van der Waals surface area contributed by atoms with E-state index in [1.54, 1.807) is 12.1 Å². The second kappa shape index (κ2) is 6.94. The van der Waals surface area contributed by atoms with E-state index in [1.165, 1.54) is 12.8 Å². The third kappa shape index (κ3) is 3.20. The molecular formula is C23H28N4O2. The van der Waals surface area contributed by atoms with E-state index in [9.17, 15) is 9.90 Å². The van der Waals surface area contributed by atoms with Gasteiger partial charge < -0.3 is 19.1 Å². The number of aryl methyl sites for hydroxylation is 1. The number of rotatable bonds is 4. The summed E-state index contributed by atoms with van der Waals surface area (Å²) in [6.45, 7) is 4.51. The molecule has 1 amide bonds. The van der Waals surface area contributed by atoms with E-state index in [4.69, 9.17) is 0 Å². The Kier molecular flexibility index (Phi) is 4.37. The van der Waals surface area contributed by atoms with Crippen molar-refractivity contribution in [3.05, 3.63) is 47.7 Å². The second-order valence-electron chi connectivity index (χ2n) is 8.69. The molecule has 2 aliphatic rings. The fraction of sp³-hybridized carbons (Fsp3) is 0.478. The van der Waals surface area contributed by atoms with Gasteiger partial charge in [-0.25, -0.2) is 4.98 Å². The van der Waals surface area contributed by atoms with Crippen molar-refractivity contribution in [2.75, 3.05) is 13.1 Å². The first-order chi connectivity index (χ1) is 14.0. The average Bonchev–Trinajstić information content (AvgIpc) is 3.36. The molecule has 0 spiro atoms. The number of carbonyl (C=O) groups is 1. The average molecular weight is 393 g/mol. The predicted octanol–water partition coefficient (Wildman–Crippen LogP) is 3.82. The summed E-state index contributed by atoms with van der Waals surface area (Å²) < 4.78 is 4.34. The van der Waals surface area contributed by atoms with Crippen LogP contribution in [0.1, 0.15) is 53.5 Å². The molecule has 6 heteroatoms. The smallest absolute Gasteiger partial charge is 0.256 e. The highest BCUT2D eigenvalue weighted by molar-refractivity contribution is 6.08. The van der Waals surface area contributed by atoms with Crippen molar-refractivity contribution in [3.63, 3.8) is 0 Å². The van der Waals surface area contributed by atoms with Gasteiger partial charge in [-0.3, -0.25) is 4.79 Å². The molecule has 3 aromatic rings. The topological polar surface area (TPSA) is 63.3 Å². The van der Waals surface area contributed by atoms with E-state index < -0.39 is 0 Å². The number of hydrogen-bond donors (Lipinski definition) is 1. The summed E-state index contributed by atoms with van der Waals surface area (Å²) in [7, 11) is 1.97. The number of amides is 1. The van der Waals surface area contributed by atoms with E-state index in [0.29, 0.717) is 12.1 Å². The number of nitrogens with zero attached hydrogens (tertiary/aromatic N) is 4. The number of phenols is 1. The van der Waals surface area contributed by atoms with Gasteiger partial charge in [0, 0.05) is 61.6 Å². The van der Waals surface area contributed by atoms with Crippen LogP contribution in [0.2, 0.25) is 0 Å². The predicted molar refractivity (Wildman–Crippen MR) is 112 cm³/mol. The van der Waals surface area contributed by atoms with Gasteiger partial charge in [0.2, 0.25) is 0 Å². The Hall–Kier alpha value is -2.76. The largest absolute Gasteiger partial charge is 0.508 e. The minimum absolute atomic E-state index is 0.0590. The highest BCUT2D eigenvalue weighted by Crippen LogP contribution is 2.34. The fourth-order valence-corrected chi connectivity index (χ4v) is 4.77. The highest BCUT2D eigenvalue weighted by Gasteiger charge is 2.31. The van der Waals surface area contributed by atoms with Crippen molar-refractivity contribution >= 4 is 16.8 Å². The lowest BCUT2D eigenvalue weighted by atomic mass is 9.96. The highest BCUT2D eigenvalue weighted by atomic mass is 16.3. The Morgan fingerprint density at radius 2 is 2.10 bits per heavy atom. The molecule has 5 rings (SSSR count). The lowest BCUT2D eigenvalue weighted by Gasteiger charge is -2.33. The number of aromatic hydroxyl groups is 1.